The summed E-state index contributed by atoms with van der Waals surface area (Å²) in [5, 5.41) is 0. The van der Waals surface area contributed by atoms with E-state index < -0.39 is 0 Å². The highest BCUT2D eigenvalue weighted by Crippen LogP contribution is 2.12. The largest absolute Gasteiger partial charge is 0.462 e. The molecule has 0 spiro atoms. The van der Waals surface area contributed by atoms with Crippen molar-refractivity contribution in [3.05, 3.63) is 12.2 Å². The van der Waals surface area contributed by atoms with E-state index in [1.165, 1.54) is 45.4 Å². The molecule has 0 aliphatic rings. The molecule has 20 heavy (non-hydrogen) atoms. The second-order valence-corrected chi connectivity index (χ2v) is 5.18. The van der Waals surface area contributed by atoms with Gasteiger partial charge in [-0.05, 0) is 12.8 Å². The van der Waals surface area contributed by atoms with E-state index in [0.29, 0.717) is 6.61 Å². The SMILES string of the molecule is CCCCCCCCCC(C/C=C/COC(C)=O)ON. The summed E-state index contributed by atoms with van der Waals surface area (Å²) in [6.45, 7) is 3.96. The molecule has 4 nitrogen and oxygen atoms in total. The average Bonchev–Trinajstić information content (AvgIpc) is 2.43. The molecule has 0 aliphatic carbocycles. The van der Waals surface area contributed by atoms with Crippen LogP contribution in [0.3, 0.4) is 0 Å². The molecule has 2 N–H and O–H groups in total. The lowest BCUT2D eigenvalue weighted by Gasteiger charge is -2.12. The Morgan fingerprint density at radius 3 is 2.35 bits per heavy atom. The van der Waals surface area contributed by atoms with Crippen molar-refractivity contribution >= 4 is 5.97 Å². The smallest absolute Gasteiger partial charge is 0.302 e. The zero-order chi connectivity index (χ0) is 15.1. The number of carbonyl (C=O) groups excluding carboxylic acids is 1. The zero-order valence-corrected chi connectivity index (χ0v) is 13.1. The van der Waals surface area contributed by atoms with Crippen molar-refractivity contribution in [1.29, 1.82) is 0 Å². The summed E-state index contributed by atoms with van der Waals surface area (Å²) in [5.41, 5.74) is 0. The number of carbonyl (C=O) groups is 1. The van der Waals surface area contributed by atoms with E-state index in [1.54, 1.807) is 0 Å². The van der Waals surface area contributed by atoms with Gasteiger partial charge in [0.2, 0.25) is 0 Å². The fraction of sp³-hybridized carbons (Fsp3) is 0.812. The minimum absolute atomic E-state index is 0.0687. The van der Waals surface area contributed by atoms with E-state index in [9.17, 15) is 4.79 Å². The number of rotatable bonds is 13. The van der Waals surface area contributed by atoms with Crippen LogP contribution in [0.1, 0.15) is 71.6 Å². The van der Waals surface area contributed by atoms with E-state index in [4.69, 9.17) is 15.5 Å². The molecule has 4 heteroatoms. The second kappa shape index (κ2) is 14.5. The van der Waals surface area contributed by atoms with Gasteiger partial charge in [-0.15, -0.1) is 0 Å². The number of hydrogen-bond donors (Lipinski definition) is 1. The number of esters is 1. The highest BCUT2D eigenvalue weighted by atomic mass is 16.6. The summed E-state index contributed by atoms with van der Waals surface area (Å²) in [6, 6.07) is 0. The number of ether oxygens (including phenoxy) is 1. The molecule has 0 radical (unpaired) electrons. The average molecular weight is 285 g/mol. The number of hydrogen-bond acceptors (Lipinski definition) is 4. The minimum atomic E-state index is -0.260. The van der Waals surface area contributed by atoms with Crippen molar-refractivity contribution in [3.63, 3.8) is 0 Å². The normalized spacial score (nSPS) is 12.8. The van der Waals surface area contributed by atoms with Crippen LogP contribution < -0.4 is 5.90 Å². The predicted molar refractivity (Wildman–Crippen MR) is 82.1 cm³/mol. The van der Waals surface area contributed by atoms with Gasteiger partial charge < -0.3 is 9.57 Å². The first-order chi connectivity index (χ1) is 9.70. The van der Waals surface area contributed by atoms with Crippen molar-refractivity contribution in [2.75, 3.05) is 6.61 Å². The fourth-order valence-electron chi connectivity index (χ4n) is 2.05. The first kappa shape index (κ1) is 19.1. The van der Waals surface area contributed by atoms with Crippen LogP contribution in [-0.4, -0.2) is 18.7 Å². The summed E-state index contributed by atoms with van der Waals surface area (Å²) in [6.07, 6.45) is 14.7. The lowest BCUT2D eigenvalue weighted by atomic mass is 10.0. The van der Waals surface area contributed by atoms with Crippen LogP contribution in [-0.2, 0) is 14.4 Å². The molecular weight excluding hydrogens is 254 g/mol. The van der Waals surface area contributed by atoms with Gasteiger partial charge >= 0.3 is 5.97 Å². The molecule has 0 amide bonds. The number of nitrogens with two attached hydrogens (primary N) is 1. The first-order valence-electron chi connectivity index (χ1n) is 7.84. The Labute approximate surface area is 123 Å². The molecule has 0 aromatic heterocycles. The van der Waals surface area contributed by atoms with E-state index >= 15 is 0 Å². The summed E-state index contributed by atoms with van der Waals surface area (Å²) in [5.74, 6) is 5.04. The molecule has 0 aliphatic heterocycles. The molecule has 0 aromatic carbocycles. The third kappa shape index (κ3) is 13.6. The Morgan fingerprint density at radius 1 is 1.10 bits per heavy atom. The van der Waals surface area contributed by atoms with Gasteiger partial charge in [0.1, 0.15) is 6.61 Å². The van der Waals surface area contributed by atoms with Crippen LogP contribution in [0.4, 0.5) is 0 Å². The van der Waals surface area contributed by atoms with Crippen LogP contribution in [0.25, 0.3) is 0 Å². The molecule has 0 saturated carbocycles. The lowest BCUT2D eigenvalue weighted by Crippen LogP contribution is -2.16. The highest BCUT2D eigenvalue weighted by Gasteiger charge is 2.05. The third-order valence-corrected chi connectivity index (χ3v) is 3.27. The maximum Gasteiger partial charge on any atom is 0.302 e. The third-order valence-electron chi connectivity index (χ3n) is 3.27. The van der Waals surface area contributed by atoms with Gasteiger partial charge in [0.15, 0.2) is 0 Å². The van der Waals surface area contributed by atoms with Crippen molar-refractivity contribution < 1.29 is 14.4 Å². The molecular formula is C16H31NO3. The van der Waals surface area contributed by atoms with Gasteiger partial charge in [-0.25, -0.2) is 5.90 Å². The van der Waals surface area contributed by atoms with Crippen LogP contribution >= 0.6 is 0 Å². The highest BCUT2D eigenvalue weighted by molar-refractivity contribution is 5.65. The van der Waals surface area contributed by atoms with E-state index in [1.807, 2.05) is 12.2 Å². The Balaban J connectivity index is 3.49. The maximum atomic E-state index is 10.6. The Bertz CT molecular complexity index is 254. The van der Waals surface area contributed by atoms with Crippen LogP contribution in [0.5, 0.6) is 0 Å². The first-order valence-corrected chi connectivity index (χ1v) is 7.84. The molecule has 1 atom stereocenters. The zero-order valence-electron chi connectivity index (χ0n) is 13.1. The summed E-state index contributed by atoms with van der Waals surface area (Å²) in [7, 11) is 0. The van der Waals surface area contributed by atoms with Crippen molar-refractivity contribution in [2.45, 2.75) is 77.7 Å². The fourth-order valence-corrected chi connectivity index (χ4v) is 2.05. The van der Waals surface area contributed by atoms with Gasteiger partial charge in [0.05, 0.1) is 6.10 Å². The molecule has 0 rings (SSSR count). The van der Waals surface area contributed by atoms with Crippen molar-refractivity contribution in [3.8, 4) is 0 Å². The van der Waals surface area contributed by atoms with E-state index in [-0.39, 0.29) is 12.1 Å². The van der Waals surface area contributed by atoms with Gasteiger partial charge in [0, 0.05) is 6.92 Å². The molecule has 0 saturated heterocycles. The summed E-state index contributed by atoms with van der Waals surface area (Å²) < 4.78 is 4.80. The van der Waals surface area contributed by atoms with Gasteiger partial charge in [-0.1, -0.05) is 64.0 Å². The Kier molecular flexibility index (Phi) is 13.9. The van der Waals surface area contributed by atoms with Crippen molar-refractivity contribution in [1.82, 2.24) is 0 Å². The standard InChI is InChI=1S/C16H31NO3/c1-3-4-5-6-7-8-9-12-16(20-17)13-10-11-14-19-15(2)18/h10-11,16H,3-9,12-14,17H2,1-2H3/b11-10+. The van der Waals surface area contributed by atoms with Gasteiger partial charge in [-0.3, -0.25) is 4.79 Å². The van der Waals surface area contributed by atoms with E-state index in [0.717, 1.165) is 19.3 Å². The summed E-state index contributed by atoms with van der Waals surface area (Å²) >= 11 is 0. The molecule has 0 bridgehead atoms. The predicted octanol–water partition coefficient (Wildman–Crippen LogP) is 3.90. The summed E-state index contributed by atoms with van der Waals surface area (Å²) in [4.78, 5) is 15.5. The molecule has 0 aromatic rings. The van der Waals surface area contributed by atoms with E-state index in [2.05, 4.69) is 6.92 Å². The van der Waals surface area contributed by atoms with Crippen LogP contribution in [0.2, 0.25) is 0 Å². The quantitative estimate of drug-likeness (QED) is 0.241. The second-order valence-electron chi connectivity index (χ2n) is 5.18. The molecule has 0 heterocycles. The minimum Gasteiger partial charge on any atom is -0.462 e. The lowest BCUT2D eigenvalue weighted by molar-refractivity contribution is -0.139. The van der Waals surface area contributed by atoms with Crippen LogP contribution in [0.15, 0.2) is 12.2 Å². The topological polar surface area (TPSA) is 61.5 Å². The number of unbranched alkanes of at least 4 members (excludes halogenated alkanes) is 6. The molecule has 1 unspecified atom stereocenters. The van der Waals surface area contributed by atoms with Gasteiger partial charge in [0.25, 0.3) is 0 Å². The van der Waals surface area contributed by atoms with Crippen LogP contribution in [0, 0.1) is 0 Å². The molecule has 0 fully saturated rings. The van der Waals surface area contributed by atoms with Crippen molar-refractivity contribution in [2.24, 2.45) is 5.90 Å². The Hall–Kier alpha value is -0.870. The Morgan fingerprint density at radius 2 is 1.75 bits per heavy atom. The molecule has 118 valence electrons. The maximum absolute atomic E-state index is 10.6. The van der Waals surface area contributed by atoms with Gasteiger partial charge in [-0.2, -0.15) is 0 Å². The monoisotopic (exact) mass is 285 g/mol.